The first-order valence-electron chi connectivity index (χ1n) is 9.75. The molecule has 3 aromatic rings. The lowest BCUT2D eigenvalue weighted by Crippen LogP contribution is -2.48. The van der Waals surface area contributed by atoms with E-state index in [9.17, 15) is 27.6 Å². The smallest absolute Gasteiger partial charge is 0.324 e. The maximum absolute atomic E-state index is 13.4. The molecule has 0 fully saturated rings. The molecule has 0 aliphatic carbocycles. The van der Waals surface area contributed by atoms with Crippen molar-refractivity contribution < 1.29 is 27.6 Å². The van der Waals surface area contributed by atoms with E-state index < -0.39 is 41.2 Å². The van der Waals surface area contributed by atoms with Gasteiger partial charge in [0.1, 0.15) is 6.04 Å². The summed E-state index contributed by atoms with van der Waals surface area (Å²) in [5, 5.41) is 2.28. The number of alkyl halides is 3. The quantitative estimate of drug-likeness (QED) is 0.595. The van der Waals surface area contributed by atoms with Gasteiger partial charge in [-0.2, -0.15) is 13.2 Å². The third-order valence-corrected chi connectivity index (χ3v) is 5.20. The van der Waals surface area contributed by atoms with E-state index in [1.165, 1.54) is 24.3 Å². The van der Waals surface area contributed by atoms with Gasteiger partial charge in [0.15, 0.2) is 0 Å². The molecule has 32 heavy (non-hydrogen) atoms. The number of nitrogens with one attached hydrogen (secondary N) is 1. The van der Waals surface area contributed by atoms with E-state index in [0.29, 0.717) is 5.56 Å². The lowest BCUT2D eigenvalue weighted by atomic mass is 10.0. The molecule has 0 bridgehead atoms. The van der Waals surface area contributed by atoms with Crippen molar-refractivity contribution in [3.05, 3.63) is 101 Å². The second-order valence-electron chi connectivity index (χ2n) is 7.26. The third-order valence-electron chi connectivity index (χ3n) is 5.20. The number of benzene rings is 3. The van der Waals surface area contributed by atoms with Crippen LogP contribution >= 0.6 is 0 Å². The second-order valence-corrected chi connectivity index (χ2v) is 7.26. The van der Waals surface area contributed by atoms with Crippen LogP contribution in [0, 0.1) is 0 Å². The highest BCUT2D eigenvalue weighted by molar-refractivity contribution is 6.23. The summed E-state index contributed by atoms with van der Waals surface area (Å²) in [5.41, 5.74) is -0.514. The number of halogens is 3. The Hall–Kier alpha value is -3.94. The molecular weight excluding hydrogens is 421 g/mol. The SMILES string of the molecule is O=C(Nc1ccccc1C(F)(F)F)[C@H](Cc1ccccc1)N1C(=O)c2ccccc2C1=O. The molecular formula is C24H17F3N2O3. The molecule has 1 N–H and O–H groups in total. The molecule has 0 unspecified atom stereocenters. The predicted octanol–water partition coefficient (Wildman–Crippen LogP) is 4.55. The van der Waals surface area contributed by atoms with Crippen LogP contribution in [0.25, 0.3) is 0 Å². The van der Waals surface area contributed by atoms with Gasteiger partial charge >= 0.3 is 6.18 Å². The van der Waals surface area contributed by atoms with Crippen LogP contribution in [0.3, 0.4) is 0 Å². The number of carbonyl (C=O) groups excluding carboxylic acids is 3. The van der Waals surface area contributed by atoms with Crippen LogP contribution in [0.1, 0.15) is 31.8 Å². The first kappa shape index (κ1) is 21.3. The Morgan fingerprint density at radius 2 is 1.34 bits per heavy atom. The average Bonchev–Trinajstić information content (AvgIpc) is 3.03. The van der Waals surface area contributed by atoms with Crippen molar-refractivity contribution >= 4 is 23.4 Å². The van der Waals surface area contributed by atoms with E-state index in [2.05, 4.69) is 5.32 Å². The average molecular weight is 438 g/mol. The molecule has 3 aromatic carbocycles. The van der Waals surface area contributed by atoms with Crippen LogP contribution in [0.4, 0.5) is 18.9 Å². The van der Waals surface area contributed by atoms with Crippen molar-refractivity contribution in [3.8, 4) is 0 Å². The maximum atomic E-state index is 13.4. The van der Waals surface area contributed by atoms with E-state index in [0.717, 1.165) is 17.0 Å². The molecule has 1 aliphatic heterocycles. The number of imide groups is 1. The number of rotatable bonds is 5. The van der Waals surface area contributed by atoms with Crippen molar-refractivity contribution in [3.63, 3.8) is 0 Å². The summed E-state index contributed by atoms with van der Waals surface area (Å²) >= 11 is 0. The highest BCUT2D eigenvalue weighted by Crippen LogP contribution is 2.35. The summed E-state index contributed by atoms with van der Waals surface area (Å²) in [6.45, 7) is 0. The molecule has 1 atom stereocenters. The summed E-state index contributed by atoms with van der Waals surface area (Å²) in [6.07, 6.45) is -4.74. The summed E-state index contributed by atoms with van der Waals surface area (Å²) in [7, 11) is 0. The van der Waals surface area contributed by atoms with Gasteiger partial charge in [-0.1, -0.05) is 54.6 Å². The van der Waals surface area contributed by atoms with Crippen LogP contribution < -0.4 is 5.32 Å². The third kappa shape index (κ3) is 3.99. The van der Waals surface area contributed by atoms with Crippen LogP contribution in [0.15, 0.2) is 78.9 Å². The molecule has 0 radical (unpaired) electrons. The molecule has 0 aromatic heterocycles. The zero-order valence-corrected chi connectivity index (χ0v) is 16.6. The molecule has 1 heterocycles. The minimum absolute atomic E-state index is 0.0493. The fraction of sp³-hybridized carbons (Fsp3) is 0.125. The van der Waals surface area contributed by atoms with Gasteiger partial charge in [-0.15, -0.1) is 0 Å². The zero-order valence-electron chi connectivity index (χ0n) is 16.6. The van der Waals surface area contributed by atoms with E-state index in [1.54, 1.807) is 42.5 Å². The summed E-state index contributed by atoms with van der Waals surface area (Å²) < 4.78 is 40.1. The van der Waals surface area contributed by atoms with Gasteiger partial charge in [0.25, 0.3) is 11.8 Å². The Bertz CT molecular complexity index is 1160. The molecule has 0 saturated carbocycles. The normalized spacial score (nSPS) is 14.3. The Morgan fingerprint density at radius 3 is 1.94 bits per heavy atom. The van der Waals surface area contributed by atoms with E-state index >= 15 is 0 Å². The Morgan fingerprint density at radius 1 is 0.812 bits per heavy atom. The van der Waals surface area contributed by atoms with Crippen molar-refractivity contribution in [1.82, 2.24) is 4.90 Å². The monoisotopic (exact) mass is 438 g/mol. The number of carbonyl (C=O) groups is 3. The van der Waals surface area contributed by atoms with Gasteiger partial charge in [0.05, 0.1) is 22.4 Å². The van der Waals surface area contributed by atoms with Gasteiger partial charge in [-0.05, 0) is 29.8 Å². The molecule has 0 spiro atoms. The zero-order chi connectivity index (χ0) is 22.9. The number of anilines is 1. The number of para-hydroxylation sites is 1. The highest BCUT2D eigenvalue weighted by Gasteiger charge is 2.43. The number of hydrogen-bond donors (Lipinski definition) is 1. The topological polar surface area (TPSA) is 66.5 Å². The first-order valence-corrected chi connectivity index (χ1v) is 9.75. The first-order chi connectivity index (χ1) is 15.3. The van der Waals surface area contributed by atoms with Crippen LogP contribution in [-0.4, -0.2) is 28.7 Å². The number of hydrogen-bond acceptors (Lipinski definition) is 3. The summed E-state index contributed by atoms with van der Waals surface area (Å²) in [4.78, 5) is 40.0. The molecule has 0 saturated heterocycles. The highest BCUT2D eigenvalue weighted by atomic mass is 19.4. The largest absolute Gasteiger partial charge is 0.418 e. The Balaban J connectivity index is 1.71. The number of fused-ring (bicyclic) bond motifs is 1. The predicted molar refractivity (Wildman–Crippen MR) is 111 cm³/mol. The minimum Gasteiger partial charge on any atom is -0.324 e. The molecule has 1 aliphatic rings. The van der Waals surface area contributed by atoms with Gasteiger partial charge in [-0.25, -0.2) is 0 Å². The van der Waals surface area contributed by atoms with Gasteiger partial charge in [0.2, 0.25) is 5.91 Å². The van der Waals surface area contributed by atoms with Gasteiger partial charge in [0, 0.05) is 6.42 Å². The van der Waals surface area contributed by atoms with Crippen molar-refractivity contribution in [1.29, 1.82) is 0 Å². The Kier molecular flexibility index (Phi) is 5.52. The summed E-state index contributed by atoms with van der Waals surface area (Å²) in [5.74, 6) is -2.21. The van der Waals surface area contributed by atoms with Crippen molar-refractivity contribution in [2.75, 3.05) is 5.32 Å². The van der Waals surface area contributed by atoms with Crippen molar-refractivity contribution in [2.24, 2.45) is 0 Å². The number of amides is 3. The summed E-state index contributed by atoms with van der Waals surface area (Å²) in [6, 6.07) is 18.0. The second kappa shape index (κ2) is 8.30. The van der Waals surface area contributed by atoms with Crippen LogP contribution in [0.5, 0.6) is 0 Å². The van der Waals surface area contributed by atoms with E-state index in [4.69, 9.17) is 0 Å². The minimum atomic E-state index is -4.69. The Labute approximate surface area is 181 Å². The molecule has 8 heteroatoms. The fourth-order valence-corrected chi connectivity index (χ4v) is 3.68. The molecule has 162 valence electrons. The van der Waals surface area contributed by atoms with Gasteiger partial charge < -0.3 is 5.32 Å². The molecule has 5 nitrogen and oxygen atoms in total. The fourth-order valence-electron chi connectivity index (χ4n) is 3.68. The number of nitrogens with zero attached hydrogens (tertiary/aromatic N) is 1. The van der Waals surface area contributed by atoms with Crippen LogP contribution in [0.2, 0.25) is 0 Å². The lowest BCUT2D eigenvalue weighted by molar-refractivity contribution is -0.137. The maximum Gasteiger partial charge on any atom is 0.418 e. The van der Waals surface area contributed by atoms with E-state index in [-0.39, 0.29) is 17.5 Å². The molecule has 3 amide bonds. The van der Waals surface area contributed by atoms with E-state index in [1.807, 2.05) is 0 Å². The van der Waals surface area contributed by atoms with Gasteiger partial charge in [-0.3, -0.25) is 19.3 Å². The van der Waals surface area contributed by atoms with Crippen LogP contribution in [-0.2, 0) is 17.4 Å². The lowest BCUT2D eigenvalue weighted by Gasteiger charge is -2.26. The van der Waals surface area contributed by atoms with Crippen molar-refractivity contribution in [2.45, 2.75) is 18.6 Å². The molecule has 4 rings (SSSR count). The standard InChI is InChI=1S/C24H17F3N2O3/c25-24(26,27)18-12-6-7-13-19(18)28-21(30)20(14-15-8-2-1-3-9-15)29-22(31)16-10-4-5-11-17(16)23(29)32/h1-13,20H,14H2,(H,28,30)/t20-/m0/s1.